The number of hydrazone groups is 1. The lowest BCUT2D eigenvalue weighted by Gasteiger charge is -2.18. The van der Waals surface area contributed by atoms with Gasteiger partial charge in [0.05, 0.1) is 34.6 Å². The van der Waals surface area contributed by atoms with Crippen LogP contribution in [0, 0.1) is 0 Å². The van der Waals surface area contributed by atoms with Gasteiger partial charge in [-0.25, -0.2) is 4.79 Å². The zero-order valence-corrected chi connectivity index (χ0v) is 28.7. The van der Waals surface area contributed by atoms with Gasteiger partial charge in [0.25, 0.3) is 17.7 Å². The molecule has 6 rings (SSSR count). The number of hydrogen-bond acceptors (Lipinski definition) is 8. The van der Waals surface area contributed by atoms with E-state index in [1.807, 2.05) is 6.07 Å². The van der Waals surface area contributed by atoms with Gasteiger partial charge >= 0.3 is 5.97 Å². The van der Waals surface area contributed by atoms with Gasteiger partial charge < -0.3 is 20.7 Å². The third-order valence-corrected chi connectivity index (χ3v) is 8.37. The summed E-state index contributed by atoms with van der Waals surface area (Å²) in [6, 6.07) is 30.8. The average Bonchev–Trinajstić information content (AvgIpc) is 3.16. The number of benzene rings is 5. The molecule has 0 saturated carbocycles. The van der Waals surface area contributed by atoms with Crippen molar-refractivity contribution in [2.75, 3.05) is 28.5 Å². The number of carbonyl (C=O) groups is 5. The predicted octanol–water partition coefficient (Wildman–Crippen LogP) is 7.71. The molecule has 5 aromatic rings. The van der Waals surface area contributed by atoms with Crippen molar-refractivity contribution in [2.45, 2.75) is 0 Å². The van der Waals surface area contributed by atoms with Crippen molar-refractivity contribution in [3.8, 4) is 0 Å². The molecule has 0 aliphatic heterocycles. The molecule has 3 amide bonds. The number of anilines is 4. The first-order chi connectivity index (χ1) is 25.1. The number of fused-ring (bicyclic) bond motifs is 1. The van der Waals surface area contributed by atoms with E-state index in [4.69, 9.17) is 27.9 Å². The van der Waals surface area contributed by atoms with E-state index in [-0.39, 0.29) is 44.7 Å². The molecule has 5 aromatic carbocycles. The number of methoxy groups -OCH3 is 1. The molecule has 0 unspecified atom stereocenters. The summed E-state index contributed by atoms with van der Waals surface area (Å²) in [6.45, 7) is 0. The molecule has 0 spiro atoms. The van der Waals surface area contributed by atoms with E-state index in [2.05, 4.69) is 26.5 Å². The summed E-state index contributed by atoms with van der Waals surface area (Å²) in [7, 11) is 1.20. The van der Waals surface area contributed by atoms with Crippen LogP contribution in [0.1, 0.15) is 42.2 Å². The number of esters is 1. The second kappa shape index (κ2) is 15.5. The number of halogens is 2. The van der Waals surface area contributed by atoms with E-state index < -0.39 is 23.6 Å². The molecular weight excluding hydrogens is 705 g/mol. The molecule has 258 valence electrons. The second-order valence-corrected chi connectivity index (χ2v) is 12.1. The molecular formula is C39H27Cl2N5O6. The van der Waals surface area contributed by atoms with Crippen molar-refractivity contribution in [3.05, 3.63) is 159 Å². The highest BCUT2D eigenvalue weighted by Gasteiger charge is 2.30. The van der Waals surface area contributed by atoms with Gasteiger partial charge in [-0.3, -0.25) is 24.6 Å². The molecule has 0 bridgehead atoms. The summed E-state index contributed by atoms with van der Waals surface area (Å²) in [5, 5.41) is 13.2. The SMILES string of the molecule is COC(=O)c1ccc(C(=O)Nc2cc(Cl)ccc2Cl)cc1N/N=C1\C(=O)C(C(=O)Nc2ccc(NC(=O)c3ccccc3)cc2)=Cc2ccccc21. The molecule has 0 saturated heterocycles. The van der Waals surface area contributed by atoms with Gasteiger partial charge in [0, 0.05) is 33.1 Å². The molecule has 0 heterocycles. The normalized spacial score (nSPS) is 12.6. The third-order valence-electron chi connectivity index (χ3n) is 7.81. The van der Waals surface area contributed by atoms with Crippen LogP contribution in [0.25, 0.3) is 6.08 Å². The monoisotopic (exact) mass is 731 g/mol. The smallest absolute Gasteiger partial charge is 0.340 e. The molecule has 13 heteroatoms. The van der Waals surface area contributed by atoms with Gasteiger partial charge in [0.15, 0.2) is 0 Å². The van der Waals surface area contributed by atoms with Crippen LogP contribution in [0.2, 0.25) is 10.0 Å². The molecule has 0 atom stereocenters. The maximum absolute atomic E-state index is 13.8. The van der Waals surface area contributed by atoms with Gasteiger partial charge in [-0.15, -0.1) is 0 Å². The van der Waals surface area contributed by atoms with Gasteiger partial charge in [0.2, 0.25) is 5.78 Å². The minimum absolute atomic E-state index is 0.0256. The number of nitrogens with zero attached hydrogens (tertiary/aromatic N) is 1. The molecule has 4 N–H and O–H groups in total. The number of amides is 3. The second-order valence-electron chi connectivity index (χ2n) is 11.2. The number of nitrogens with one attached hydrogen (secondary N) is 4. The Balaban J connectivity index is 1.23. The molecule has 0 radical (unpaired) electrons. The summed E-state index contributed by atoms with van der Waals surface area (Å²) in [5.41, 5.74) is 5.26. The summed E-state index contributed by atoms with van der Waals surface area (Å²) in [4.78, 5) is 65.7. The van der Waals surface area contributed by atoms with E-state index in [1.54, 1.807) is 78.9 Å². The van der Waals surface area contributed by atoms with Gasteiger partial charge in [-0.2, -0.15) is 5.10 Å². The zero-order valence-electron chi connectivity index (χ0n) is 27.2. The first-order valence-electron chi connectivity index (χ1n) is 15.6. The molecule has 0 aromatic heterocycles. The Bertz CT molecular complexity index is 2310. The van der Waals surface area contributed by atoms with Crippen molar-refractivity contribution in [1.29, 1.82) is 0 Å². The molecule has 1 aliphatic rings. The Kier molecular flexibility index (Phi) is 10.5. The molecule has 52 heavy (non-hydrogen) atoms. The van der Waals surface area contributed by atoms with Crippen LogP contribution in [0.5, 0.6) is 0 Å². The van der Waals surface area contributed by atoms with E-state index >= 15 is 0 Å². The van der Waals surface area contributed by atoms with Crippen LogP contribution in [0.15, 0.2) is 126 Å². The van der Waals surface area contributed by atoms with Crippen LogP contribution in [0.3, 0.4) is 0 Å². The lowest BCUT2D eigenvalue weighted by Crippen LogP contribution is -2.30. The first kappa shape index (κ1) is 35.3. The van der Waals surface area contributed by atoms with Crippen molar-refractivity contribution < 1.29 is 28.7 Å². The standard InChI is InChI=1S/C39H27Cl2N5O6/c1-52-39(51)29-17-11-24(37(49)44-33-21-25(40)12-18-31(33)41)20-32(29)45-46-34-28-10-6-5-9-23(28)19-30(35(34)47)38(50)43-27-15-13-26(14-16-27)42-36(48)22-7-3-2-4-8-22/h2-21,45H,1H3,(H,42,48)(H,43,50)(H,44,49)/b46-34-. The Labute approximate surface area is 307 Å². The van der Waals surface area contributed by atoms with Crippen LogP contribution < -0.4 is 21.4 Å². The Morgan fingerprint density at radius 3 is 2.02 bits per heavy atom. The lowest BCUT2D eigenvalue weighted by atomic mass is 9.89. The largest absolute Gasteiger partial charge is 0.465 e. The summed E-state index contributed by atoms with van der Waals surface area (Å²) < 4.78 is 4.91. The summed E-state index contributed by atoms with van der Waals surface area (Å²) in [6.07, 6.45) is 1.46. The van der Waals surface area contributed by atoms with Crippen LogP contribution >= 0.6 is 23.2 Å². The third kappa shape index (κ3) is 7.91. The lowest BCUT2D eigenvalue weighted by molar-refractivity contribution is -0.116. The highest BCUT2D eigenvalue weighted by atomic mass is 35.5. The predicted molar refractivity (Wildman–Crippen MR) is 201 cm³/mol. The van der Waals surface area contributed by atoms with Crippen LogP contribution in [-0.2, 0) is 14.3 Å². The maximum atomic E-state index is 13.8. The van der Waals surface area contributed by atoms with Crippen molar-refractivity contribution >= 4 is 87.2 Å². The average molecular weight is 733 g/mol. The van der Waals surface area contributed by atoms with Crippen molar-refractivity contribution in [3.63, 3.8) is 0 Å². The van der Waals surface area contributed by atoms with Crippen molar-refractivity contribution in [2.24, 2.45) is 5.10 Å². The number of ether oxygens (including phenoxy) is 1. The highest BCUT2D eigenvalue weighted by molar-refractivity contribution is 6.59. The van der Waals surface area contributed by atoms with Gasteiger partial charge in [-0.05, 0) is 84.4 Å². The Morgan fingerprint density at radius 1 is 0.654 bits per heavy atom. The topological polar surface area (TPSA) is 155 Å². The number of Topliss-reactive ketones (excluding diaryl/α,β-unsaturated/α-hetero) is 1. The minimum atomic E-state index is -0.728. The number of hydrogen-bond donors (Lipinski definition) is 4. The van der Waals surface area contributed by atoms with E-state index in [0.29, 0.717) is 33.1 Å². The summed E-state index contributed by atoms with van der Waals surface area (Å²) in [5.74, 6) is -2.97. The number of carbonyl (C=O) groups excluding carboxylic acids is 5. The van der Waals surface area contributed by atoms with Crippen molar-refractivity contribution in [1.82, 2.24) is 0 Å². The van der Waals surface area contributed by atoms with E-state index in [0.717, 1.165) is 0 Å². The fourth-order valence-corrected chi connectivity index (χ4v) is 5.52. The Hall–Kier alpha value is -6.56. The quantitative estimate of drug-likeness (QED) is 0.0688. The van der Waals surface area contributed by atoms with Crippen LogP contribution in [-0.4, -0.2) is 42.3 Å². The fraction of sp³-hybridized carbons (Fsp3) is 0.0256. The molecule has 1 aliphatic carbocycles. The van der Waals surface area contributed by atoms with E-state index in [1.165, 1.54) is 43.5 Å². The highest BCUT2D eigenvalue weighted by Crippen LogP contribution is 2.28. The van der Waals surface area contributed by atoms with Gasteiger partial charge in [0.1, 0.15) is 5.71 Å². The minimum Gasteiger partial charge on any atom is -0.465 e. The van der Waals surface area contributed by atoms with E-state index in [9.17, 15) is 24.0 Å². The molecule has 11 nitrogen and oxygen atoms in total. The van der Waals surface area contributed by atoms with Crippen LogP contribution in [0.4, 0.5) is 22.7 Å². The first-order valence-corrected chi connectivity index (χ1v) is 16.3. The number of rotatable bonds is 9. The molecule has 0 fully saturated rings. The summed E-state index contributed by atoms with van der Waals surface area (Å²) >= 11 is 12.3. The number of ketones is 1. The van der Waals surface area contributed by atoms with Gasteiger partial charge in [-0.1, -0.05) is 65.7 Å². The zero-order chi connectivity index (χ0) is 36.8. The Morgan fingerprint density at radius 2 is 1.31 bits per heavy atom. The fourth-order valence-electron chi connectivity index (χ4n) is 5.19. The maximum Gasteiger partial charge on any atom is 0.340 e.